The second kappa shape index (κ2) is 4.53. The van der Waals surface area contributed by atoms with Gasteiger partial charge in [-0.15, -0.1) is 26.6 Å². The summed E-state index contributed by atoms with van der Waals surface area (Å²) in [7, 11) is 0. The minimum absolute atomic E-state index is 0.646. The lowest BCUT2D eigenvalue weighted by atomic mass is 10.3. The normalized spacial score (nSPS) is 11.4. The molecule has 90 valence electrons. The van der Waals surface area contributed by atoms with Crippen LogP contribution in [-0.4, -0.2) is 26.0 Å². The second-order valence-corrected chi connectivity index (χ2v) is 4.64. The zero-order valence-electron chi connectivity index (χ0n) is 9.61. The average molecular weight is 258 g/mol. The molecular weight excluding hydrogens is 248 g/mol. The highest BCUT2D eigenvalue weighted by atomic mass is 32.1. The third kappa shape index (κ3) is 2.07. The number of hydrazone groups is 1. The number of anilines is 1. The van der Waals surface area contributed by atoms with Gasteiger partial charge < -0.3 is 0 Å². The summed E-state index contributed by atoms with van der Waals surface area (Å²) in [5, 5.41) is 18.1. The van der Waals surface area contributed by atoms with Gasteiger partial charge in [0.1, 0.15) is 6.33 Å². The Balaban J connectivity index is 1.76. The Hall–Kier alpha value is -2.28. The molecule has 0 unspecified atom stereocenters. The molecule has 0 spiro atoms. The Bertz CT molecular complexity index is 698. The molecule has 3 rings (SSSR count). The highest BCUT2D eigenvalue weighted by Gasteiger charge is 1.98. The summed E-state index contributed by atoms with van der Waals surface area (Å²) in [6, 6.07) is 5.70. The number of nitrogens with one attached hydrogen (secondary N) is 1. The van der Waals surface area contributed by atoms with E-state index in [0.29, 0.717) is 11.5 Å². The van der Waals surface area contributed by atoms with Crippen molar-refractivity contribution in [2.24, 2.45) is 5.10 Å². The number of rotatable bonds is 3. The van der Waals surface area contributed by atoms with Crippen molar-refractivity contribution < 1.29 is 0 Å². The molecule has 0 radical (unpaired) electrons. The molecular formula is C11H10N6S. The zero-order chi connectivity index (χ0) is 12.4. The zero-order valence-corrected chi connectivity index (χ0v) is 10.4. The van der Waals surface area contributed by atoms with Crippen LogP contribution in [0.2, 0.25) is 0 Å². The Morgan fingerprint density at radius 2 is 2.33 bits per heavy atom. The number of aromatic nitrogens is 4. The molecule has 6 nitrogen and oxygen atoms in total. The first-order chi connectivity index (χ1) is 8.83. The van der Waals surface area contributed by atoms with Crippen LogP contribution >= 0.6 is 11.3 Å². The summed E-state index contributed by atoms with van der Waals surface area (Å²) in [6.07, 6.45) is 3.34. The van der Waals surface area contributed by atoms with Gasteiger partial charge in [-0.2, -0.15) is 9.62 Å². The molecule has 0 saturated carbocycles. The summed E-state index contributed by atoms with van der Waals surface area (Å²) in [5.41, 5.74) is 4.80. The van der Waals surface area contributed by atoms with Gasteiger partial charge in [0.15, 0.2) is 11.5 Å². The summed E-state index contributed by atoms with van der Waals surface area (Å²) in [4.78, 5) is 1.13. The van der Waals surface area contributed by atoms with Crippen molar-refractivity contribution in [3.63, 3.8) is 0 Å². The minimum atomic E-state index is 0.646. The van der Waals surface area contributed by atoms with Crippen LogP contribution in [0.3, 0.4) is 0 Å². The van der Waals surface area contributed by atoms with Gasteiger partial charge in [0.2, 0.25) is 0 Å². The van der Waals surface area contributed by atoms with Crippen LogP contribution in [0.1, 0.15) is 10.4 Å². The van der Waals surface area contributed by atoms with Crippen molar-refractivity contribution in [1.29, 1.82) is 0 Å². The molecule has 18 heavy (non-hydrogen) atoms. The van der Waals surface area contributed by atoms with Crippen LogP contribution in [0.25, 0.3) is 5.65 Å². The molecule has 0 bridgehead atoms. The maximum atomic E-state index is 4.25. The van der Waals surface area contributed by atoms with E-state index >= 15 is 0 Å². The maximum Gasteiger partial charge on any atom is 0.177 e. The predicted octanol–water partition coefficient (Wildman–Crippen LogP) is 1.94. The van der Waals surface area contributed by atoms with Gasteiger partial charge in [-0.25, -0.2) is 0 Å². The molecule has 0 atom stereocenters. The number of hydrogen-bond donors (Lipinski definition) is 1. The standard InChI is InChI=1S/C11H10N6S/c1-8-4-5-18-9(8)6-12-14-10-2-3-11-15-13-7-17(11)16-10/h2-7H,1H3,(H,14,16)/b12-6+. The van der Waals surface area contributed by atoms with Crippen molar-refractivity contribution in [2.45, 2.75) is 6.92 Å². The van der Waals surface area contributed by atoms with Gasteiger partial charge in [-0.1, -0.05) is 0 Å². The van der Waals surface area contributed by atoms with E-state index in [2.05, 4.69) is 38.8 Å². The van der Waals surface area contributed by atoms with Crippen LogP contribution in [0, 0.1) is 6.92 Å². The SMILES string of the molecule is Cc1ccsc1/C=N/Nc1ccc2nncn2n1. The molecule has 3 heterocycles. The Labute approximate surface area is 107 Å². The van der Waals surface area contributed by atoms with E-state index in [1.165, 1.54) is 5.56 Å². The van der Waals surface area contributed by atoms with Crippen molar-refractivity contribution in [2.75, 3.05) is 5.43 Å². The van der Waals surface area contributed by atoms with Gasteiger partial charge in [0.05, 0.1) is 6.21 Å². The van der Waals surface area contributed by atoms with Crippen LogP contribution < -0.4 is 5.43 Å². The first-order valence-corrected chi connectivity index (χ1v) is 6.21. The third-order valence-corrected chi connectivity index (χ3v) is 3.38. The quantitative estimate of drug-likeness (QED) is 0.576. The molecule has 0 saturated heterocycles. The van der Waals surface area contributed by atoms with Crippen LogP contribution in [0.15, 0.2) is 35.0 Å². The van der Waals surface area contributed by atoms with Crippen LogP contribution in [0.4, 0.5) is 5.82 Å². The molecule has 0 amide bonds. The lowest BCUT2D eigenvalue weighted by molar-refractivity contribution is 0.925. The van der Waals surface area contributed by atoms with Crippen molar-refractivity contribution in [3.8, 4) is 0 Å². The Morgan fingerprint density at radius 3 is 3.17 bits per heavy atom. The molecule has 7 heteroatoms. The molecule has 0 aromatic carbocycles. The molecule has 3 aromatic heterocycles. The van der Waals surface area contributed by atoms with E-state index in [-0.39, 0.29) is 0 Å². The number of aryl methyl sites for hydroxylation is 1. The number of hydrogen-bond acceptors (Lipinski definition) is 6. The molecule has 1 N–H and O–H groups in total. The first-order valence-electron chi connectivity index (χ1n) is 5.33. The van der Waals surface area contributed by atoms with Gasteiger partial charge in [-0.05, 0) is 36.1 Å². The summed E-state index contributed by atoms with van der Waals surface area (Å²) in [5.74, 6) is 0.646. The predicted molar refractivity (Wildman–Crippen MR) is 71.1 cm³/mol. The lowest BCUT2D eigenvalue weighted by Gasteiger charge is -1.98. The second-order valence-electron chi connectivity index (χ2n) is 3.69. The molecule has 0 aliphatic rings. The topological polar surface area (TPSA) is 67.5 Å². The summed E-state index contributed by atoms with van der Waals surface area (Å²) >= 11 is 1.65. The molecule has 0 aliphatic carbocycles. The minimum Gasteiger partial charge on any atom is -0.260 e. The lowest BCUT2D eigenvalue weighted by Crippen LogP contribution is -1.97. The van der Waals surface area contributed by atoms with E-state index in [0.717, 1.165) is 4.88 Å². The maximum absolute atomic E-state index is 4.25. The monoisotopic (exact) mass is 258 g/mol. The highest BCUT2D eigenvalue weighted by Crippen LogP contribution is 2.12. The largest absolute Gasteiger partial charge is 0.260 e. The van der Waals surface area contributed by atoms with Crippen molar-refractivity contribution in [1.82, 2.24) is 19.8 Å². The van der Waals surface area contributed by atoms with Crippen molar-refractivity contribution in [3.05, 3.63) is 40.3 Å². The van der Waals surface area contributed by atoms with E-state index in [1.807, 2.05) is 17.5 Å². The summed E-state index contributed by atoms with van der Waals surface area (Å²) in [6.45, 7) is 2.05. The van der Waals surface area contributed by atoms with Gasteiger partial charge in [0.25, 0.3) is 0 Å². The van der Waals surface area contributed by atoms with Crippen LogP contribution in [0.5, 0.6) is 0 Å². The highest BCUT2D eigenvalue weighted by molar-refractivity contribution is 7.11. The third-order valence-electron chi connectivity index (χ3n) is 2.42. The number of thiophene rings is 1. The summed E-state index contributed by atoms with van der Waals surface area (Å²) < 4.78 is 1.59. The van der Waals surface area contributed by atoms with Gasteiger partial charge in [-0.3, -0.25) is 5.43 Å². The molecule has 0 fully saturated rings. The number of fused-ring (bicyclic) bond motifs is 1. The fourth-order valence-electron chi connectivity index (χ4n) is 1.46. The average Bonchev–Trinajstić information content (AvgIpc) is 2.98. The van der Waals surface area contributed by atoms with E-state index in [1.54, 1.807) is 28.4 Å². The van der Waals surface area contributed by atoms with E-state index in [9.17, 15) is 0 Å². The van der Waals surface area contributed by atoms with Gasteiger partial charge >= 0.3 is 0 Å². The molecule has 3 aromatic rings. The fraction of sp³-hybridized carbons (Fsp3) is 0.0909. The number of nitrogens with zero attached hydrogens (tertiary/aromatic N) is 5. The van der Waals surface area contributed by atoms with Gasteiger partial charge in [0, 0.05) is 4.88 Å². The van der Waals surface area contributed by atoms with Crippen LogP contribution in [-0.2, 0) is 0 Å². The molecule has 0 aliphatic heterocycles. The first kappa shape index (κ1) is 10.8. The smallest absolute Gasteiger partial charge is 0.177 e. The Kier molecular flexibility index (Phi) is 2.73. The van der Waals surface area contributed by atoms with E-state index in [4.69, 9.17) is 0 Å². The van der Waals surface area contributed by atoms with Crippen molar-refractivity contribution >= 4 is 29.0 Å². The fourth-order valence-corrected chi connectivity index (χ4v) is 2.25. The Morgan fingerprint density at radius 1 is 1.39 bits per heavy atom. The van der Waals surface area contributed by atoms with E-state index < -0.39 is 0 Å².